The van der Waals surface area contributed by atoms with Crippen molar-refractivity contribution >= 4 is 17.6 Å². The predicted octanol–water partition coefficient (Wildman–Crippen LogP) is 2.76. The molecular weight excluding hydrogens is 263 g/mol. The van der Waals surface area contributed by atoms with Crippen molar-refractivity contribution in [2.24, 2.45) is 0 Å². The van der Waals surface area contributed by atoms with Crippen LogP contribution < -0.4 is 4.74 Å². The SMILES string of the molecule is O=C(O)c1cnc(Oc2ccc(F)cc2Cl)cn1. The van der Waals surface area contributed by atoms with E-state index in [2.05, 4.69) is 9.97 Å². The molecule has 0 fully saturated rings. The van der Waals surface area contributed by atoms with E-state index in [1.807, 2.05) is 0 Å². The highest BCUT2D eigenvalue weighted by atomic mass is 35.5. The summed E-state index contributed by atoms with van der Waals surface area (Å²) in [4.78, 5) is 17.9. The summed E-state index contributed by atoms with van der Waals surface area (Å²) in [5.74, 6) is -1.41. The summed E-state index contributed by atoms with van der Waals surface area (Å²) in [5, 5.41) is 8.72. The molecule has 1 heterocycles. The number of hydrogen-bond donors (Lipinski definition) is 1. The lowest BCUT2D eigenvalue weighted by molar-refractivity contribution is 0.0690. The van der Waals surface area contributed by atoms with Gasteiger partial charge in [0.05, 0.1) is 17.4 Å². The van der Waals surface area contributed by atoms with Crippen LogP contribution in [0.1, 0.15) is 10.5 Å². The molecule has 1 aromatic carbocycles. The van der Waals surface area contributed by atoms with E-state index in [0.29, 0.717) is 0 Å². The first-order valence-corrected chi connectivity index (χ1v) is 5.12. The smallest absolute Gasteiger partial charge is 0.356 e. The van der Waals surface area contributed by atoms with Crippen LogP contribution in [0.5, 0.6) is 11.6 Å². The van der Waals surface area contributed by atoms with Crippen molar-refractivity contribution in [3.63, 3.8) is 0 Å². The Kier molecular flexibility index (Phi) is 3.38. The van der Waals surface area contributed by atoms with E-state index in [1.54, 1.807) is 0 Å². The fraction of sp³-hybridized carbons (Fsp3) is 0. The summed E-state index contributed by atoms with van der Waals surface area (Å²) >= 11 is 5.75. The largest absolute Gasteiger partial charge is 0.476 e. The van der Waals surface area contributed by atoms with Crippen LogP contribution in [0.25, 0.3) is 0 Å². The second-order valence-electron chi connectivity index (χ2n) is 3.22. The Balaban J connectivity index is 2.21. The molecule has 0 aliphatic heterocycles. The number of carbonyl (C=O) groups is 1. The highest BCUT2D eigenvalue weighted by Crippen LogP contribution is 2.28. The van der Waals surface area contributed by atoms with E-state index in [-0.39, 0.29) is 22.3 Å². The molecule has 1 N–H and O–H groups in total. The minimum Gasteiger partial charge on any atom is -0.476 e. The molecule has 92 valence electrons. The molecule has 0 bridgehead atoms. The van der Waals surface area contributed by atoms with Gasteiger partial charge >= 0.3 is 5.97 Å². The number of carboxylic acids is 1. The first-order valence-electron chi connectivity index (χ1n) is 4.74. The summed E-state index contributed by atoms with van der Waals surface area (Å²) < 4.78 is 18.0. The fourth-order valence-corrected chi connectivity index (χ4v) is 1.36. The van der Waals surface area contributed by atoms with Crippen LogP contribution in [0.15, 0.2) is 30.6 Å². The van der Waals surface area contributed by atoms with E-state index >= 15 is 0 Å². The topological polar surface area (TPSA) is 72.3 Å². The molecule has 0 saturated heterocycles. The summed E-state index contributed by atoms with van der Waals surface area (Å²) in [7, 11) is 0. The quantitative estimate of drug-likeness (QED) is 0.927. The zero-order chi connectivity index (χ0) is 13.1. The fourth-order valence-electron chi connectivity index (χ4n) is 1.15. The third-order valence-corrected chi connectivity index (χ3v) is 2.25. The number of nitrogens with zero attached hydrogens (tertiary/aromatic N) is 2. The summed E-state index contributed by atoms with van der Waals surface area (Å²) in [5.41, 5.74) is -0.201. The molecule has 2 rings (SSSR count). The molecule has 1 aromatic heterocycles. The lowest BCUT2D eigenvalue weighted by Gasteiger charge is -2.05. The lowest BCUT2D eigenvalue weighted by atomic mass is 10.3. The van der Waals surface area contributed by atoms with Crippen molar-refractivity contribution in [1.82, 2.24) is 9.97 Å². The Labute approximate surface area is 106 Å². The second kappa shape index (κ2) is 4.97. The minimum absolute atomic E-state index is 0.0634. The number of rotatable bonds is 3. The molecule has 0 aliphatic rings. The molecular formula is C11H6ClFN2O3. The Morgan fingerprint density at radius 1 is 1.33 bits per heavy atom. The van der Waals surface area contributed by atoms with Crippen molar-refractivity contribution in [3.8, 4) is 11.6 Å². The van der Waals surface area contributed by atoms with Crippen LogP contribution in [-0.2, 0) is 0 Å². The van der Waals surface area contributed by atoms with Crippen LogP contribution in [0.2, 0.25) is 5.02 Å². The number of hydrogen-bond acceptors (Lipinski definition) is 4. The van der Waals surface area contributed by atoms with Gasteiger partial charge in [-0.05, 0) is 18.2 Å². The van der Waals surface area contributed by atoms with Crippen molar-refractivity contribution < 1.29 is 19.0 Å². The standard InChI is InChI=1S/C11H6ClFN2O3/c12-7-3-6(13)1-2-9(7)18-10-5-14-8(4-15-10)11(16)17/h1-5H,(H,16,17). The van der Waals surface area contributed by atoms with Gasteiger partial charge in [0.2, 0.25) is 5.88 Å². The van der Waals surface area contributed by atoms with Crippen LogP contribution in [-0.4, -0.2) is 21.0 Å². The number of carboxylic acid groups (broad SMARTS) is 1. The van der Waals surface area contributed by atoms with Gasteiger partial charge in [-0.25, -0.2) is 19.2 Å². The molecule has 0 saturated carbocycles. The number of aromatic carboxylic acids is 1. The van der Waals surface area contributed by atoms with E-state index in [9.17, 15) is 9.18 Å². The maximum absolute atomic E-state index is 12.8. The van der Waals surface area contributed by atoms with Crippen molar-refractivity contribution in [3.05, 3.63) is 47.1 Å². The highest BCUT2D eigenvalue weighted by Gasteiger charge is 2.08. The number of ether oxygens (including phenoxy) is 1. The molecule has 0 radical (unpaired) electrons. The second-order valence-corrected chi connectivity index (χ2v) is 3.63. The molecule has 0 amide bonds. The predicted molar refractivity (Wildman–Crippen MR) is 60.5 cm³/mol. The van der Waals surface area contributed by atoms with Gasteiger partial charge in [-0.2, -0.15) is 0 Å². The third kappa shape index (κ3) is 2.72. The van der Waals surface area contributed by atoms with Gasteiger partial charge in [-0.15, -0.1) is 0 Å². The van der Waals surface area contributed by atoms with Crippen LogP contribution >= 0.6 is 11.6 Å². The van der Waals surface area contributed by atoms with Gasteiger partial charge in [0.1, 0.15) is 11.6 Å². The van der Waals surface area contributed by atoms with E-state index in [4.69, 9.17) is 21.4 Å². The first kappa shape index (κ1) is 12.3. The Morgan fingerprint density at radius 3 is 2.67 bits per heavy atom. The molecule has 18 heavy (non-hydrogen) atoms. The monoisotopic (exact) mass is 268 g/mol. The normalized spacial score (nSPS) is 10.1. The molecule has 0 atom stereocenters. The van der Waals surface area contributed by atoms with Gasteiger partial charge in [-0.1, -0.05) is 11.6 Å². The van der Waals surface area contributed by atoms with Crippen molar-refractivity contribution in [2.45, 2.75) is 0 Å². The first-order chi connectivity index (χ1) is 8.56. The molecule has 7 heteroatoms. The summed E-state index contributed by atoms with van der Waals surface area (Å²) in [6.07, 6.45) is 2.19. The third-order valence-electron chi connectivity index (χ3n) is 1.96. The van der Waals surface area contributed by atoms with Crippen molar-refractivity contribution in [2.75, 3.05) is 0 Å². The zero-order valence-electron chi connectivity index (χ0n) is 8.80. The molecule has 5 nitrogen and oxygen atoms in total. The molecule has 0 aliphatic carbocycles. The van der Waals surface area contributed by atoms with Gasteiger partial charge in [0.25, 0.3) is 0 Å². The van der Waals surface area contributed by atoms with Crippen LogP contribution in [0, 0.1) is 5.82 Å². The van der Waals surface area contributed by atoms with Gasteiger partial charge in [0.15, 0.2) is 5.69 Å². The van der Waals surface area contributed by atoms with Gasteiger partial charge < -0.3 is 9.84 Å². The lowest BCUT2D eigenvalue weighted by Crippen LogP contribution is -2.01. The van der Waals surface area contributed by atoms with Crippen molar-refractivity contribution in [1.29, 1.82) is 0 Å². The number of aromatic nitrogens is 2. The Morgan fingerprint density at radius 2 is 2.11 bits per heavy atom. The summed E-state index contributed by atoms with van der Waals surface area (Å²) in [6.45, 7) is 0. The minimum atomic E-state index is -1.19. The summed E-state index contributed by atoms with van der Waals surface area (Å²) in [6, 6.07) is 3.61. The maximum atomic E-state index is 12.8. The molecule has 2 aromatic rings. The number of halogens is 2. The Hall–Kier alpha value is -2.21. The molecule has 0 unspecified atom stereocenters. The van der Waals surface area contributed by atoms with Crippen LogP contribution in [0.4, 0.5) is 4.39 Å². The highest BCUT2D eigenvalue weighted by molar-refractivity contribution is 6.32. The van der Waals surface area contributed by atoms with E-state index in [1.165, 1.54) is 12.1 Å². The van der Waals surface area contributed by atoms with Gasteiger partial charge in [0, 0.05) is 0 Å². The number of benzene rings is 1. The van der Waals surface area contributed by atoms with E-state index < -0.39 is 11.8 Å². The maximum Gasteiger partial charge on any atom is 0.356 e. The average molecular weight is 269 g/mol. The average Bonchev–Trinajstić information content (AvgIpc) is 2.33. The van der Waals surface area contributed by atoms with E-state index in [0.717, 1.165) is 18.5 Å². The Bertz CT molecular complexity index is 589. The zero-order valence-corrected chi connectivity index (χ0v) is 9.56. The van der Waals surface area contributed by atoms with Crippen LogP contribution in [0.3, 0.4) is 0 Å². The van der Waals surface area contributed by atoms with Gasteiger partial charge in [-0.3, -0.25) is 0 Å². The molecule has 0 spiro atoms.